The van der Waals surface area contributed by atoms with Crippen molar-refractivity contribution in [3.63, 3.8) is 0 Å². The number of unbranched alkanes of at least 4 members (excludes halogenated alkanes) is 1. The van der Waals surface area contributed by atoms with E-state index >= 15 is 0 Å². The van der Waals surface area contributed by atoms with Gasteiger partial charge in [-0.2, -0.15) is 13.2 Å². The molecule has 3 N–H and O–H groups in total. The van der Waals surface area contributed by atoms with Crippen molar-refractivity contribution in [2.75, 3.05) is 6.54 Å². The fraction of sp³-hybridized carbons (Fsp3) is 0.636. The molecule has 0 bridgehead atoms. The topological polar surface area (TPSA) is 72.2 Å². The second kappa shape index (κ2) is 6.88. The SMILES string of the molecule is Cc1sc(CN)cc1S(=O)(=O)NCCCCC(F)(F)F. The van der Waals surface area contributed by atoms with E-state index in [9.17, 15) is 21.6 Å². The van der Waals surface area contributed by atoms with Crippen molar-refractivity contribution in [1.82, 2.24) is 4.72 Å². The van der Waals surface area contributed by atoms with E-state index in [-0.39, 0.29) is 30.8 Å². The fourth-order valence-electron chi connectivity index (χ4n) is 1.63. The largest absolute Gasteiger partial charge is 0.389 e. The number of hydrogen-bond donors (Lipinski definition) is 2. The molecule has 116 valence electrons. The van der Waals surface area contributed by atoms with Crippen LogP contribution in [0.4, 0.5) is 13.2 Å². The van der Waals surface area contributed by atoms with Gasteiger partial charge in [-0.3, -0.25) is 0 Å². The molecule has 9 heteroatoms. The molecule has 0 spiro atoms. The van der Waals surface area contributed by atoms with Crippen LogP contribution in [0.1, 0.15) is 29.0 Å². The molecule has 0 aromatic carbocycles. The average molecular weight is 330 g/mol. The fourth-order valence-corrected chi connectivity index (χ4v) is 4.21. The maximum atomic E-state index is 12.0. The predicted molar refractivity (Wildman–Crippen MR) is 72.0 cm³/mol. The lowest BCUT2D eigenvalue weighted by atomic mass is 10.2. The van der Waals surface area contributed by atoms with Gasteiger partial charge in [0.25, 0.3) is 0 Å². The van der Waals surface area contributed by atoms with Crippen molar-refractivity contribution in [2.24, 2.45) is 5.73 Å². The van der Waals surface area contributed by atoms with E-state index in [0.717, 1.165) is 4.88 Å². The highest BCUT2D eigenvalue weighted by molar-refractivity contribution is 7.89. The highest BCUT2D eigenvalue weighted by Gasteiger charge is 2.26. The molecule has 1 heterocycles. The molecule has 1 aromatic heterocycles. The molecule has 0 aliphatic heterocycles. The maximum Gasteiger partial charge on any atom is 0.389 e. The molecule has 0 atom stereocenters. The van der Waals surface area contributed by atoms with Crippen LogP contribution in [0, 0.1) is 6.92 Å². The minimum atomic E-state index is -4.20. The molecule has 0 fully saturated rings. The van der Waals surface area contributed by atoms with Gasteiger partial charge in [0.1, 0.15) is 0 Å². The summed E-state index contributed by atoms with van der Waals surface area (Å²) in [4.78, 5) is 1.52. The minimum absolute atomic E-state index is 0.00828. The Morgan fingerprint density at radius 1 is 1.35 bits per heavy atom. The third-order valence-corrected chi connectivity index (χ3v) is 5.38. The molecule has 1 rings (SSSR count). The average Bonchev–Trinajstić information content (AvgIpc) is 2.69. The van der Waals surface area contributed by atoms with Gasteiger partial charge in [-0.1, -0.05) is 0 Å². The molecule has 0 saturated heterocycles. The molecule has 0 aliphatic rings. The number of rotatable bonds is 7. The first-order chi connectivity index (χ1) is 9.15. The highest BCUT2D eigenvalue weighted by atomic mass is 32.2. The molecule has 4 nitrogen and oxygen atoms in total. The van der Waals surface area contributed by atoms with E-state index in [2.05, 4.69) is 4.72 Å². The third-order valence-electron chi connectivity index (χ3n) is 2.59. The Bertz CT molecular complexity index is 538. The van der Waals surface area contributed by atoms with E-state index < -0.39 is 22.6 Å². The van der Waals surface area contributed by atoms with Crippen LogP contribution in [0.5, 0.6) is 0 Å². The molecule has 0 aliphatic carbocycles. The summed E-state index contributed by atoms with van der Waals surface area (Å²) in [7, 11) is -3.67. The number of sulfonamides is 1. The zero-order chi connectivity index (χ0) is 15.4. The van der Waals surface area contributed by atoms with Gasteiger partial charge in [-0.15, -0.1) is 11.3 Å². The number of thiophene rings is 1. The van der Waals surface area contributed by atoms with Gasteiger partial charge in [-0.05, 0) is 25.8 Å². The van der Waals surface area contributed by atoms with Crippen molar-refractivity contribution in [3.8, 4) is 0 Å². The molecule has 0 radical (unpaired) electrons. The summed E-state index contributed by atoms with van der Waals surface area (Å²) in [5.41, 5.74) is 5.44. The lowest BCUT2D eigenvalue weighted by molar-refractivity contribution is -0.135. The van der Waals surface area contributed by atoms with Crippen LogP contribution in [-0.2, 0) is 16.6 Å². The summed E-state index contributed by atoms with van der Waals surface area (Å²) in [6.07, 6.45) is -5.04. The van der Waals surface area contributed by atoms with Crippen molar-refractivity contribution in [1.29, 1.82) is 0 Å². The second-order valence-electron chi connectivity index (χ2n) is 4.31. The van der Waals surface area contributed by atoms with Crippen LogP contribution in [0.15, 0.2) is 11.0 Å². The van der Waals surface area contributed by atoms with Gasteiger partial charge < -0.3 is 5.73 Å². The normalized spacial score (nSPS) is 12.8. The number of nitrogens with one attached hydrogen (secondary N) is 1. The first-order valence-electron chi connectivity index (χ1n) is 6.01. The highest BCUT2D eigenvalue weighted by Crippen LogP contribution is 2.25. The Morgan fingerprint density at radius 2 is 2.00 bits per heavy atom. The third kappa shape index (κ3) is 5.39. The smallest absolute Gasteiger partial charge is 0.326 e. The second-order valence-corrected chi connectivity index (χ2v) is 7.38. The van der Waals surface area contributed by atoms with Crippen LogP contribution < -0.4 is 10.5 Å². The maximum absolute atomic E-state index is 12.0. The van der Waals surface area contributed by atoms with Gasteiger partial charge in [0.15, 0.2) is 0 Å². The molecule has 0 unspecified atom stereocenters. The Labute approximate surface area is 120 Å². The van der Waals surface area contributed by atoms with E-state index in [1.54, 1.807) is 6.92 Å². The Hall–Kier alpha value is -0.640. The number of hydrogen-bond acceptors (Lipinski definition) is 4. The molecular weight excluding hydrogens is 313 g/mol. The number of aryl methyl sites for hydroxylation is 1. The number of alkyl halides is 3. The Kier molecular flexibility index (Phi) is 5.99. The number of halogens is 3. The monoisotopic (exact) mass is 330 g/mol. The van der Waals surface area contributed by atoms with Crippen LogP contribution in [-0.4, -0.2) is 21.1 Å². The van der Waals surface area contributed by atoms with E-state index in [4.69, 9.17) is 5.73 Å². The molecule has 1 aromatic rings. The van der Waals surface area contributed by atoms with Crippen LogP contribution >= 0.6 is 11.3 Å². The first-order valence-corrected chi connectivity index (χ1v) is 8.31. The lowest BCUT2D eigenvalue weighted by Gasteiger charge is -2.07. The quantitative estimate of drug-likeness (QED) is 0.755. The zero-order valence-electron chi connectivity index (χ0n) is 11.0. The van der Waals surface area contributed by atoms with Crippen molar-refractivity contribution in [3.05, 3.63) is 15.8 Å². The number of nitrogens with two attached hydrogens (primary N) is 1. The molecule has 0 saturated carbocycles. The molecule has 0 amide bonds. The molecule has 20 heavy (non-hydrogen) atoms. The summed E-state index contributed by atoms with van der Waals surface area (Å²) in [5, 5.41) is 0. The van der Waals surface area contributed by atoms with Gasteiger partial charge >= 0.3 is 6.18 Å². The molecular formula is C11H17F3N2O2S2. The van der Waals surface area contributed by atoms with Crippen LogP contribution in [0.2, 0.25) is 0 Å². The van der Waals surface area contributed by atoms with Gasteiger partial charge in [0.05, 0.1) is 4.90 Å². The Balaban J connectivity index is 2.51. The minimum Gasteiger partial charge on any atom is -0.326 e. The van der Waals surface area contributed by atoms with Crippen molar-refractivity contribution >= 4 is 21.4 Å². The zero-order valence-corrected chi connectivity index (χ0v) is 12.6. The summed E-state index contributed by atoms with van der Waals surface area (Å²) >= 11 is 1.30. The summed E-state index contributed by atoms with van der Waals surface area (Å²) in [5.74, 6) is 0. The van der Waals surface area contributed by atoms with Gasteiger partial charge in [0.2, 0.25) is 10.0 Å². The van der Waals surface area contributed by atoms with Crippen LogP contribution in [0.3, 0.4) is 0 Å². The standard InChI is InChI=1S/C11H17F3N2O2S2/c1-8-10(6-9(7-15)19-8)20(17,18)16-5-3-2-4-11(12,13)14/h6,16H,2-5,7,15H2,1H3. The van der Waals surface area contributed by atoms with Gasteiger partial charge in [0, 0.05) is 29.3 Å². The predicted octanol–water partition coefficient (Wildman–Crippen LogP) is 2.53. The summed E-state index contributed by atoms with van der Waals surface area (Å²) < 4.78 is 62.0. The summed E-state index contributed by atoms with van der Waals surface area (Å²) in [6, 6.07) is 1.50. The van der Waals surface area contributed by atoms with Crippen molar-refractivity contribution < 1.29 is 21.6 Å². The van der Waals surface area contributed by atoms with Gasteiger partial charge in [-0.25, -0.2) is 13.1 Å². The summed E-state index contributed by atoms with van der Waals surface area (Å²) in [6.45, 7) is 1.92. The van der Waals surface area contributed by atoms with E-state index in [0.29, 0.717) is 4.88 Å². The van der Waals surface area contributed by atoms with Crippen molar-refractivity contribution in [2.45, 2.75) is 43.8 Å². The van der Waals surface area contributed by atoms with Crippen LogP contribution in [0.25, 0.3) is 0 Å². The van der Waals surface area contributed by atoms with E-state index in [1.165, 1.54) is 17.4 Å². The Morgan fingerprint density at radius 3 is 2.50 bits per heavy atom. The van der Waals surface area contributed by atoms with E-state index in [1.807, 2.05) is 0 Å². The lowest BCUT2D eigenvalue weighted by Crippen LogP contribution is -2.25. The first kappa shape index (κ1) is 17.4.